The van der Waals surface area contributed by atoms with Crippen LogP contribution in [0, 0.1) is 0 Å². The summed E-state index contributed by atoms with van der Waals surface area (Å²) in [6.45, 7) is 5.13. The van der Waals surface area contributed by atoms with E-state index in [4.69, 9.17) is 4.74 Å². The minimum atomic E-state index is -3.37. The Morgan fingerprint density at radius 2 is 1.80 bits per heavy atom. The largest absolute Gasteiger partial charge is 0.378 e. The van der Waals surface area contributed by atoms with Gasteiger partial charge in [0.05, 0.1) is 36.4 Å². The molecule has 2 N–H and O–H groups in total. The quantitative estimate of drug-likeness (QED) is 0.381. The van der Waals surface area contributed by atoms with Crippen molar-refractivity contribution in [1.29, 1.82) is 0 Å². The molecule has 0 atom stereocenters. The number of hydrogen-bond acceptors (Lipinski definition) is 7. The van der Waals surface area contributed by atoms with Gasteiger partial charge in [0.15, 0.2) is 0 Å². The molecule has 9 nitrogen and oxygen atoms in total. The molecule has 2 aromatic carbocycles. The summed E-state index contributed by atoms with van der Waals surface area (Å²) in [6.07, 6.45) is 2.32. The first kappa shape index (κ1) is 23.1. The standard InChI is InChI=1S/C25H28N6O3S/c1-2-16-35(32,33)29-21-5-3-4-19(17-21)24-11-10-23-18-26-25(28-31(23)24)27-20-6-8-22(9-7-20)30-12-14-34-15-13-30/h3-11,17-18,29H,2,12-16H2,1H3,(H,27,28). The summed E-state index contributed by atoms with van der Waals surface area (Å²) >= 11 is 0. The van der Waals surface area contributed by atoms with Gasteiger partial charge in [0.25, 0.3) is 0 Å². The number of fused-ring (bicyclic) bond motifs is 1. The van der Waals surface area contributed by atoms with E-state index in [1.165, 1.54) is 0 Å². The van der Waals surface area contributed by atoms with Gasteiger partial charge in [0.2, 0.25) is 16.0 Å². The maximum Gasteiger partial charge on any atom is 0.245 e. The van der Waals surface area contributed by atoms with Gasteiger partial charge in [-0.15, -0.1) is 5.10 Å². The first-order valence-corrected chi connectivity index (χ1v) is 13.3. The monoisotopic (exact) mass is 492 g/mol. The molecule has 5 rings (SSSR count). The maximum atomic E-state index is 12.2. The van der Waals surface area contributed by atoms with Crippen molar-refractivity contribution < 1.29 is 13.2 Å². The van der Waals surface area contributed by atoms with Gasteiger partial charge in [-0.25, -0.2) is 17.9 Å². The van der Waals surface area contributed by atoms with E-state index in [0.29, 0.717) is 18.1 Å². The zero-order chi connectivity index (χ0) is 24.3. The topological polar surface area (TPSA) is 101 Å². The number of nitrogens with zero attached hydrogens (tertiary/aromatic N) is 4. The fourth-order valence-electron chi connectivity index (χ4n) is 4.13. The molecule has 0 aliphatic carbocycles. The van der Waals surface area contributed by atoms with Crippen LogP contribution in [0.4, 0.5) is 23.0 Å². The molecule has 4 aromatic rings. The molecule has 0 radical (unpaired) electrons. The van der Waals surface area contributed by atoms with E-state index in [9.17, 15) is 8.42 Å². The Kier molecular flexibility index (Phi) is 6.56. The molecular formula is C25H28N6O3S. The van der Waals surface area contributed by atoms with Crippen LogP contribution < -0.4 is 14.9 Å². The van der Waals surface area contributed by atoms with Crippen molar-refractivity contribution in [3.05, 3.63) is 66.9 Å². The van der Waals surface area contributed by atoms with Gasteiger partial charge in [0.1, 0.15) is 0 Å². The molecule has 0 saturated carbocycles. The van der Waals surface area contributed by atoms with E-state index in [1.807, 2.05) is 49.4 Å². The Morgan fingerprint density at radius 1 is 1.00 bits per heavy atom. The lowest BCUT2D eigenvalue weighted by Crippen LogP contribution is -2.36. The number of sulfonamides is 1. The average molecular weight is 493 g/mol. The first-order valence-electron chi connectivity index (χ1n) is 11.7. The number of rotatable bonds is 8. The van der Waals surface area contributed by atoms with Gasteiger partial charge in [-0.05, 0) is 55.0 Å². The molecule has 0 unspecified atom stereocenters. The van der Waals surface area contributed by atoms with Gasteiger partial charge in [-0.3, -0.25) is 4.72 Å². The van der Waals surface area contributed by atoms with Gasteiger partial charge >= 0.3 is 0 Å². The van der Waals surface area contributed by atoms with E-state index >= 15 is 0 Å². The number of morpholine rings is 1. The number of hydrogen-bond donors (Lipinski definition) is 2. The van der Waals surface area contributed by atoms with Gasteiger partial charge in [0, 0.05) is 35.7 Å². The maximum absolute atomic E-state index is 12.2. The van der Waals surface area contributed by atoms with Crippen LogP contribution in [-0.4, -0.2) is 55.1 Å². The number of anilines is 4. The van der Waals surface area contributed by atoms with Gasteiger partial charge in [-0.1, -0.05) is 19.1 Å². The molecule has 35 heavy (non-hydrogen) atoms. The fourth-order valence-corrected chi connectivity index (χ4v) is 5.25. The van der Waals surface area contributed by atoms with Crippen LogP contribution in [0.5, 0.6) is 0 Å². The molecule has 1 saturated heterocycles. The van der Waals surface area contributed by atoms with Crippen LogP contribution in [0.25, 0.3) is 16.8 Å². The minimum absolute atomic E-state index is 0.0843. The van der Waals surface area contributed by atoms with Crippen LogP contribution in [0.1, 0.15) is 13.3 Å². The molecule has 1 aliphatic rings. The molecular weight excluding hydrogens is 464 g/mol. The minimum Gasteiger partial charge on any atom is -0.378 e. The lowest BCUT2D eigenvalue weighted by Gasteiger charge is -2.28. The van der Waals surface area contributed by atoms with Crippen molar-refractivity contribution in [3.63, 3.8) is 0 Å². The zero-order valence-electron chi connectivity index (χ0n) is 19.5. The first-order chi connectivity index (χ1) is 17.0. The predicted molar refractivity (Wildman–Crippen MR) is 139 cm³/mol. The highest BCUT2D eigenvalue weighted by molar-refractivity contribution is 7.92. The summed E-state index contributed by atoms with van der Waals surface area (Å²) in [4.78, 5) is 6.75. The van der Waals surface area contributed by atoms with Crippen LogP contribution >= 0.6 is 0 Å². The van der Waals surface area contributed by atoms with Crippen LogP contribution in [0.15, 0.2) is 66.9 Å². The molecule has 2 aromatic heterocycles. The van der Waals surface area contributed by atoms with Crippen molar-refractivity contribution in [2.45, 2.75) is 13.3 Å². The van der Waals surface area contributed by atoms with Gasteiger partial charge in [-0.2, -0.15) is 0 Å². The number of nitrogens with one attached hydrogen (secondary N) is 2. The van der Waals surface area contributed by atoms with E-state index in [0.717, 1.165) is 54.5 Å². The lowest BCUT2D eigenvalue weighted by atomic mass is 10.1. The summed E-state index contributed by atoms with van der Waals surface area (Å²) in [5, 5.41) is 7.95. The third-order valence-electron chi connectivity index (χ3n) is 5.80. The average Bonchev–Trinajstić information content (AvgIpc) is 3.28. The van der Waals surface area contributed by atoms with Gasteiger partial charge < -0.3 is 15.0 Å². The molecule has 0 amide bonds. The summed E-state index contributed by atoms with van der Waals surface area (Å²) in [5.41, 5.74) is 5.11. The molecule has 182 valence electrons. The van der Waals surface area contributed by atoms with Crippen molar-refractivity contribution in [2.24, 2.45) is 0 Å². The Labute approximate surface area is 204 Å². The summed E-state index contributed by atoms with van der Waals surface area (Å²) in [5.74, 6) is 0.551. The van der Waals surface area contributed by atoms with E-state index in [1.54, 1.807) is 16.8 Å². The lowest BCUT2D eigenvalue weighted by molar-refractivity contribution is 0.122. The Hall–Kier alpha value is -3.63. The molecule has 0 bridgehead atoms. The van der Waals surface area contributed by atoms with Crippen molar-refractivity contribution >= 4 is 38.6 Å². The molecule has 0 spiro atoms. The SMILES string of the molecule is CCCS(=O)(=O)Nc1cccc(-c2ccc3cnc(Nc4ccc(N5CCOCC5)cc4)nn23)c1. The second-order valence-corrected chi connectivity index (χ2v) is 10.3. The summed E-state index contributed by atoms with van der Waals surface area (Å²) in [6, 6.07) is 19.4. The highest BCUT2D eigenvalue weighted by Gasteiger charge is 2.13. The molecule has 10 heteroatoms. The van der Waals surface area contributed by atoms with Crippen LogP contribution in [0.2, 0.25) is 0 Å². The Morgan fingerprint density at radius 3 is 2.57 bits per heavy atom. The second-order valence-electron chi connectivity index (χ2n) is 8.41. The van der Waals surface area contributed by atoms with E-state index in [-0.39, 0.29) is 5.75 Å². The van der Waals surface area contributed by atoms with E-state index < -0.39 is 10.0 Å². The van der Waals surface area contributed by atoms with Crippen molar-refractivity contribution in [2.75, 3.05) is 47.0 Å². The fraction of sp³-hybridized carbons (Fsp3) is 0.280. The smallest absolute Gasteiger partial charge is 0.245 e. The Balaban J connectivity index is 1.37. The number of benzene rings is 2. The molecule has 1 aliphatic heterocycles. The summed E-state index contributed by atoms with van der Waals surface area (Å²) in [7, 11) is -3.37. The predicted octanol–water partition coefficient (Wildman–Crippen LogP) is 4.13. The number of aromatic nitrogens is 3. The highest BCUT2D eigenvalue weighted by Crippen LogP contribution is 2.26. The second kappa shape index (κ2) is 9.93. The zero-order valence-corrected chi connectivity index (χ0v) is 20.3. The number of ether oxygens (including phenoxy) is 1. The summed E-state index contributed by atoms with van der Waals surface area (Å²) < 4.78 is 34.3. The van der Waals surface area contributed by atoms with Crippen LogP contribution in [-0.2, 0) is 14.8 Å². The van der Waals surface area contributed by atoms with Crippen molar-refractivity contribution in [3.8, 4) is 11.3 Å². The van der Waals surface area contributed by atoms with Crippen molar-refractivity contribution in [1.82, 2.24) is 14.6 Å². The third kappa shape index (κ3) is 5.39. The molecule has 1 fully saturated rings. The third-order valence-corrected chi connectivity index (χ3v) is 7.30. The highest BCUT2D eigenvalue weighted by atomic mass is 32.2. The molecule has 3 heterocycles. The Bertz CT molecular complexity index is 1410. The van der Waals surface area contributed by atoms with E-state index in [2.05, 4.69) is 37.2 Å². The normalized spacial score (nSPS) is 14.3. The van der Waals surface area contributed by atoms with Crippen LogP contribution in [0.3, 0.4) is 0 Å².